The quantitative estimate of drug-likeness (QED) is 0.0515. The number of nitrogens with zero attached hydrogens (tertiary/aromatic N) is 2. The van der Waals surface area contributed by atoms with E-state index in [1.165, 1.54) is 141 Å². The molecule has 2 aromatic rings. The second kappa shape index (κ2) is 27.7. The molecule has 0 radical (unpaired) electrons. The normalized spacial score (nSPS) is 12.7. The van der Waals surface area contributed by atoms with Crippen LogP contribution < -0.4 is 0 Å². The van der Waals surface area contributed by atoms with Gasteiger partial charge < -0.3 is 5.53 Å². The molecule has 1 heterocycles. The number of unbranched alkanes of at least 4 members (excludes halogenated alkanes) is 14. The Labute approximate surface area is 325 Å². The summed E-state index contributed by atoms with van der Waals surface area (Å²) in [7, 11) is 0. The van der Waals surface area contributed by atoms with E-state index in [9.17, 15) is 5.53 Å². The molecular formula is C48H78N2Pd. The first kappa shape index (κ1) is 45.3. The third-order valence-corrected chi connectivity index (χ3v) is 12.9. The minimum absolute atomic E-state index is 0.868. The van der Waals surface area contributed by atoms with Crippen molar-refractivity contribution in [3.8, 4) is 0 Å². The smallest absolute Gasteiger partial charge is 0.207 e. The first-order valence-electron chi connectivity index (χ1n) is 21.6. The molecule has 0 atom stereocenters. The number of benzene rings is 2. The standard InChI is InChI=1S/C28H36N2.2C10H21.Pd/c1-7-19-15-23(16-20(8-2)25(19)11-5)27-13-14-28(30(27)29)24-17-21(9-3)26(12-6)22(10-4)18-24;2*1-3-5-7-9-10-8-6-4-2;/h13-18H,7-12H2,1-6H3;2*1,3-10H2,2H3;. The van der Waals surface area contributed by atoms with Crippen LogP contribution in [0.25, 0.3) is 16.9 Å². The van der Waals surface area contributed by atoms with Crippen molar-refractivity contribution in [1.29, 1.82) is 0 Å². The van der Waals surface area contributed by atoms with E-state index in [1.54, 1.807) is 9.79 Å². The van der Waals surface area contributed by atoms with Crippen LogP contribution in [0.2, 0.25) is 9.79 Å². The van der Waals surface area contributed by atoms with E-state index in [0.29, 0.717) is 0 Å². The van der Waals surface area contributed by atoms with Crippen LogP contribution in [-0.4, -0.2) is 4.70 Å². The summed E-state index contributed by atoms with van der Waals surface area (Å²) >= 11 is 1.07. The van der Waals surface area contributed by atoms with Gasteiger partial charge in [-0.1, -0.05) is 41.5 Å². The predicted molar refractivity (Wildman–Crippen MR) is 224 cm³/mol. The molecule has 3 rings (SSSR count). The van der Waals surface area contributed by atoms with E-state index in [-0.39, 0.29) is 0 Å². The molecule has 0 saturated carbocycles. The van der Waals surface area contributed by atoms with Crippen molar-refractivity contribution >= 4 is 11.4 Å². The molecule has 51 heavy (non-hydrogen) atoms. The van der Waals surface area contributed by atoms with E-state index in [4.69, 9.17) is 0 Å². The van der Waals surface area contributed by atoms with Gasteiger partial charge in [0.2, 0.25) is 11.4 Å². The zero-order chi connectivity index (χ0) is 37.3. The van der Waals surface area contributed by atoms with Gasteiger partial charge in [-0.25, -0.2) is 4.70 Å². The van der Waals surface area contributed by atoms with Crippen molar-refractivity contribution in [2.75, 3.05) is 0 Å². The van der Waals surface area contributed by atoms with Crippen molar-refractivity contribution < 1.29 is 22.7 Å². The summed E-state index contributed by atoms with van der Waals surface area (Å²) in [4.78, 5) is 3.08. The average Bonchev–Trinajstić information content (AvgIpc) is 3.55. The summed E-state index contributed by atoms with van der Waals surface area (Å²) in [6.45, 7) is 17.9. The van der Waals surface area contributed by atoms with E-state index < -0.39 is 0 Å². The van der Waals surface area contributed by atoms with Crippen molar-refractivity contribution in [3.63, 3.8) is 0 Å². The number of hydrogen-bond donors (Lipinski definition) is 0. The Morgan fingerprint density at radius 3 is 0.980 bits per heavy atom. The SMILES string of the molecule is CCCCCCCCC[CH2][Pd][CH2]CCCCCCCCC.CCc1cc(C2=CC=C(c3cc(CC)c(CC)c(CC)c3)[N+]2=[N-])cc(CC)c1CC. The molecule has 1 aliphatic heterocycles. The molecule has 2 aromatic carbocycles. The Hall–Kier alpha value is -1.82. The maximum Gasteiger partial charge on any atom is 0.207 e. The average molecular weight is 790 g/mol. The molecule has 290 valence electrons. The molecular weight excluding hydrogens is 711 g/mol. The van der Waals surface area contributed by atoms with Crippen molar-refractivity contribution in [1.82, 2.24) is 0 Å². The van der Waals surface area contributed by atoms with E-state index in [2.05, 4.69) is 91.8 Å². The number of aryl methyl sites for hydroxylation is 4. The molecule has 3 heteroatoms. The van der Waals surface area contributed by atoms with Crippen molar-refractivity contribution in [2.24, 2.45) is 0 Å². The Morgan fingerprint density at radius 2 is 0.706 bits per heavy atom. The van der Waals surface area contributed by atoms with Gasteiger partial charge in [0.05, 0.1) is 0 Å². The second-order valence-corrected chi connectivity index (χ2v) is 16.8. The molecule has 0 aliphatic carbocycles. The van der Waals surface area contributed by atoms with Crippen molar-refractivity contribution in [3.05, 3.63) is 86.5 Å². The van der Waals surface area contributed by atoms with Gasteiger partial charge >= 0.3 is 144 Å². The summed E-state index contributed by atoms with van der Waals surface area (Å²) in [5.74, 6) is 0. The van der Waals surface area contributed by atoms with Gasteiger partial charge in [0.1, 0.15) is 0 Å². The Morgan fingerprint density at radius 1 is 0.412 bits per heavy atom. The molecule has 0 saturated heterocycles. The summed E-state index contributed by atoms with van der Waals surface area (Å²) in [6, 6.07) is 9.05. The molecule has 0 bridgehead atoms. The fourth-order valence-electron chi connectivity index (χ4n) is 7.59. The monoisotopic (exact) mass is 789 g/mol. The van der Waals surface area contributed by atoms with Crippen LogP contribution in [0.15, 0.2) is 36.4 Å². The summed E-state index contributed by atoms with van der Waals surface area (Å²) < 4.78 is 1.39. The molecule has 0 N–H and O–H groups in total. The van der Waals surface area contributed by atoms with E-state index in [1.807, 2.05) is 0 Å². The third kappa shape index (κ3) is 15.6. The number of hydrogen-bond acceptors (Lipinski definition) is 0. The fraction of sp³-hybridized carbons (Fsp3) is 0.667. The van der Waals surface area contributed by atoms with E-state index >= 15 is 0 Å². The molecule has 0 aromatic heterocycles. The number of allylic oxidation sites excluding steroid dienone is 2. The van der Waals surface area contributed by atoms with Gasteiger partial charge in [0, 0.05) is 23.3 Å². The van der Waals surface area contributed by atoms with Crippen LogP contribution >= 0.6 is 0 Å². The fourth-order valence-corrected chi connectivity index (χ4v) is 9.53. The Balaban J connectivity index is 0.000000380. The molecule has 1 aliphatic rings. The topological polar surface area (TPSA) is 25.3 Å². The Kier molecular flexibility index (Phi) is 24.7. The maximum atomic E-state index is 11.2. The molecule has 0 fully saturated rings. The van der Waals surface area contributed by atoms with Gasteiger partial charge in [-0.3, -0.25) is 0 Å². The van der Waals surface area contributed by atoms with Crippen LogP contribution in [0, 0.1) is 0 Å². The van der Waals surface area contributed by atoms with Crippen LogP contribution in [0.3, 0.4) is 0 Å². The number of rotatable bonds is 26. The maximum absolute atomic E-state index is 11.2. The van der Waals surface area contributed by atoms with Crippen LogP contribution in [-0.2, 0) is 56.5 Å². The van der Waals surface area contributed by atoms with Crippen LogP contribution in [0.1, 0.15) is 203 Å². The van der Waals surface area contributed by atoms with Gasteiger partial charge in [-0.2, -0.15) is 0 Å². The van der Waals surface area contributed by atoms with Gasteiger partial charge in [0.15, 0.2) is 0 Å². The van der Waals surface area contributed by atoms with Gasteiger partial charge in [-0.15, -0.1) is 0 Å². The zero-order valence-corrected chi connectivity index (χ0v) is 36.2. The van der Waals surface area contributed by atoms with Crippen LogP contribution in [0.4, 0.5) is 0 Å². The molecule has 0 amide bonds. The molecule has 0 spiro atoms. The first-order valence-corrected chi connectivity index (χ1v) is 23.8. The van der Waals surface area contributed by atoms with Crippen molar-refractivity contribution in [2.45, 2.75) is 206 Å². The first-order chi connectivity index (χ1) is 24.9. The predicted octanol–water partition coefficient (Wildman–Crippen LogP) is 15.7. The minimum atomic E-state index is 0.868. The largest absolute Gasteiger partial charge is 0.493 e. The molecule has 0 unspecified atom stereocenters. The summed E-state index contributed by atoms with van der Waals surface area (Å²) in [6.07, 6.45) is 33.8. The summed E-state index contributed by atoms with van der Waals surface area (Å²) in [5, 5.41) is 0. The van der Waals surface area contributed by atoms with Gasteiger partial charge in [0.25, 0.3) is 0 Å². The van der Waals surface area contributed by atoms with E-state index in [0.717, 1.165) is 79.0 Å². The second-order valence-electron chi connectivity index (χ2n) is 14.5. The minimum Gasteiger partial charge on any atom is -0.493 e. The zero-order valence-electron chi connectivity index (χ0n) is 34.6. The van der Waals surface area contributed by atoms with Gasteiger partial charge in [-0.05, 0) is 96.2 Å². The Bertz CT molecular complexity index is 1180. The third-order valence-electron chi connectivity index (χ3n) is 10.7. The summed E-state index contributed by atoms with van der Waals surface area (Å²) in [5.41, 5.74) is 23.6. The molecule has 2 nitrogen and oxygen atoms in total. The van der Waals surface area contributed by atoms with Crippen LogP contribution in [0.5, 0.6) is 0 Å².